The topological polar surface area (TPSA) is 9.23 Å². The van der Waals surface area contributed by atoms with Gasteiger partial charge in [-0.25, -0.2) is 17.6 Å². The monoisotopic (exact) mass is 604 g/mol. The summed E-state index contributed by atoms with van der Waals surface area (Å²) in [5.41, 5.74) is 3.10. The van der Waals surface area contributed by atoms with Gasteiger partial charge >= 0.3 is 6.18 Å². The Morgan fingerprint density at radius 3 is 1.88 bits per heavy atom. The molecule has 1 nitrogen and oxygen atoms in total. The van der Waals surface area contributed by atoms with Crippen molar-refractivity contribution < 1.29 is 35.5 Å². The van der Waals surface area contributed by atoms with E-state index in [1.807, 2.05) is 24.3 Å². The highest BCUT2D eigenvalue weighted by molar-refractivity contribution is 5.84. The highest BCUT2D eigenvalue weighted by atomic mass is 19.4. The molecular weight excluding hydrogens is 569 g/mol. The van der Waals surface area contributed by atoms with Gasteiger partial charge in [0.15, 0.2) is 24.0 Å². The van der Waals surface area contributed by atoms with Gasteiger partial charge in [0, 0.05) is 5.39 Å². The maximum atomic E-state index is 15.3. The van der Waals surface area contributed by atoms with Crippen LogP contribution in [0.15, 0.2) is 60.7 Å². The fourth-order valence-electron chi connectivity index (χ4n) is 5.22. The number of hydrogen-bond acceptors (Lipinski definition) is 1. The fraction of sp³-hybridized carbons (Fsp3) is 0.371. The third-order valence-corrected chi connectivity index (χ3v) is 7.59. The van der Waals surface area contributed by atoms with E-state index in [-0.39, 0.29) is 24.2 Å². The molecule has 43 heavy (non-hydrogen) atoms. The van der Waals surface area contributed by atoms with E-state index in [1.54, 1.807) is 24.3 Å². The highest BCUT2D eigenvalue weighted by Crippen LogP contribution is 2.28. The number of rotatable bonds is 14. The molecule has 0 aliphatic heterocycles. The van der Waals surface area contributed by atoms with Gasteiger partial charge in [-0.2, -0.15) is 13.2 Å². The SMILES string of the molecule is CCCCCCCc1ccc(CCc2ccc3c(F)c(CCc4cc(F)c(OCC(F)(F)F)c(F)c4)ccc3c2)c(F)c1. The van der Waals surface area contributed by atoms with Gasteiger partial charge in [0.2, 0.25) is 0 Å². The molecule has 4 aromatic carbocycles. The van der Waals surface area contributed by atoms with Gasteiger partial charge in [0.25, 0.3) is 0 Å². The molecule has 0 saturated heterocycles. The molecule has 0 bridgehead atoms. The number of fused-ring (bicyclic) bond motifs is 1. The van der Waals surface area contributed by atoms with Crippen molar-refractivity contribution in [3.05, 3.63) is 112 Å². The second-order valence-corrected chi connectivity index (χ2v) is 11.0. The maximum absolute atomic E-state index is 15.3. The lowest BCUT2D eigenvalue weighted by atomic mass is 9.96. The van der Waals surface area contributed by atoms with Crippen LogP contribution in [0.25, 0.3) is 10.8 Å². The van der Waals surface area contributed by atoms with Crippen molar-refractivity contribution in [1.82, 2.24) is 0 Å². The van der Waals surface area contributed by atoms with E-state index in [9.17, 15) is 26.3 Å². The van der Waals surface area contributed by atoms with Crippen LogP contribution >= 0.6 is 0 Å². The average Bonchev–Trinajstić information content (AvgIpc) is 2.95. The average molecular weight is 605 g/mol. The molecule has 4 rings (SSSR count). The van der Waals surface area contributed by atoms with Gasteiger partial charge in [-0.05, 0) is 89.9 Å². The second kappa shape index (κ2) is 14.8. The summed E-state index contributed by atoms with van der Waals surface area (Å²) in [6.45, 7) is 0.365. The zero-order valence-corrected chi connectivity index (χ0v) is 24.1. The summed E-state index contributed by atoms with van der Waals surface area (Å²) in [6.07, 6.45) is 3.28. The van der Waals surface area contributed by atoms with E-state index in [1.165, 1.54) is 19.3 Å². The van der Waals surface area contributed by atoms with Crippen LogP contribution in [0.2, 0.25) is 0 Å². The predicted molar refractivity (Wildman–Crippen MR) is 155 cm³/mol. The second-order valence-electron chi connectivity index (χ2n) is 11.0. The first-order chi connectivity index (χ1) is 20.5. The number of benzene rings is 4. The molecule has 0 aliphatic rings. The van der Waals surface area contributed by atoms with E-state index >= 15 is 4.39 Å². The van der Waals surface area contributed by atoms with Crippen LogP contribution in [0.4, 0.5) is 30.7 Å². The van der Waals surface area contributed by atoms with Crippen molar-refractivity contribution in [2.45, 2.75) is 77.3 Å². The molecule has 0 spiro atoms. The number of alkyl halides is 3. The van der Waals surface area contributed by atoms with Gasteiger partial charge in [-0.1, -0.05) is 75.1 Å². The van der Waals surface area contributed by atoms with Crippen LogP contribution in [-0.2, 0) is 32.1 Å². The number of halogens is 7. The Kier molecular flexibility index (Phi) is 11.1. The molecule has 8 heteroatoms. The van der Waals surface area contributed by atoms with Gasteiger partial charge < -0.3 is 4.74 Å². The first-order valence-corrected chi connectivity index (χ1v) is 14.7. The minimum absolute atomic E-state index is 0.0666. The zero-order chi connectivity index (χ0) is 31.0. The standard InChI is InChI=1S/C35H35F7O/c1-2-3-4-5-6-7-23-8-12-26(30(36)19-23)13-9-24-11-17-29-28(18-24)16-15-27(33(29)39)14-10-25-20-31(37)34(32(38)21-25)43-22-35(40,41)42/h8,11-12,15-21H,2-7,9-10,13-14,22H2,1H3. The normalized spacial score (nSPS) is 11.8. The Morgan fingerprint density at radius 2 is 1.19 bits per heavy atom. The van der Waals surface area contributed by atoms with E-state index < -0.39 is 36.0 Å². The van der Waals surface area contributed by atoms with Crippen LogP contribution in [0.1, 0.15) is 66.8 Å². The molecule has 0 saturated carbocycles. The molecule has 4 aromatic rings. The molecule has 0 N–H and O–H groups in total. The number of ether oxygens (including phenoxy) is 1. The van der Waals surface area contributed by atoms with Crippen molar-refractivity contribution >= 4 is 10.8 Å². The Bertz CT molecular complexity index is 1500. The molecule has 0 radical (unpaired) electrons. The number of aryl methyl sites for hydroxylation is 5. The highest BCUT2D eigenvalue weighted by Gasteiger charge is 2.30. The summed E-state index contributed by atoms with van der Waals surface area (Å²) in [4.78, 5) is 0. The summed E-state index contributed by atoms with van der Waals surface area (Å²) in [5.74, 6) is -4.25. The van der Waals surface area contributed by atoms with Crippen LogP contribution in [0.5, 0.6) is 5.75 Å². The largest absolute Gasteiger partial charge is 0.478 e. The third kappa shape index (κ3) is 9.22. The van der Waals surface area contributed by atoms with Gasteiger partial charge in [0.05, 0.1) is 0 Å². The van der Waals surface area contributed by atoms with Gasteiger partial charge in [0.1, 0.15) is 11.6 Å². The van der Waals surface area contributed by atoms with Crippen molar-refractivity contribution in [1.29, 1.82) is 0 Å². The molecular formula is C35H35F7O. The molecule has 0 aliphatic carbocycles. The quantitative estimate of drug-likeness (QED) is 0.103. The molecule has 230 valence electrons. The summed E-state index contributed by atoms with van der Waals surface area (Å²) >= 11 is 0. The summed E-state index contributed by atoms with van der Waals surface area (Å²) in [6, 6.07) is 16.0. The molecule has 0 heterocycles. The van der Waals surface area contributed by atoms with Crippen LogP contribution in [0.3, 0.4) is 0 Å². The van der Waals surface area contributed by atoms with E-state index in [0.717, 1.165) is 42.5 Å². The Labute approximate surface area is 247 Å². The van der Waals surface area contributed by atoms with Gasteiger partial charge in [-0.3, -0.25) is 0 Å². The lowest BCUT2D eigenvalue weighted by Crippen LogP contribution is -2.20. The van der Waals surface area contributed by atoms with E-state index in [4.69, 9.17) is 0 Å². The first-order valence-electron chi connectivity index (χ1n) is 14.7. The van der Waals surface area contributed by atoms with Crippen LogP contribution < -0.4 is 4.74 Å². The molecule has 0 fully saturated rings. The first kappa shape index (κ1) is 32.4. The zero-order valence-electron chi connectivity index (χ0n) is 24.1. The molecule has 0 atom stereocenters. The Hall–Kier alpha value is -3.55. The van der Waals surface area contributed by atoms with Gasteiger partial charge in [-0.15, -0.1) is 0 Å². The molecule has 0 unspecified atom stereocenters. The Morgan fingerprint density at radius 1 is 0.581 bits per heavy atom. The maximum Gasteiger partial charge on any atom is 0.422 e. The van der Waals surface area contributed by atoms with Crippen molar-refractivity contribution in [3.63, 3.8) is 0 Å². The Balaban J connectivity index is 1.36. The minimum Gasteiger partial charge on any atom is -0.478 e. The van der Waals surface area contributed by atoms with Crippen LogP contribution in [-0.4, -0.2) is 12.8 Å². The summed E-state index contributed by atoms with van der Waals surface area (Å²) in [5, 5.41) is 1.07. The van der Waals surface area contributed by atoms with Crippen LogP contribution in [0, 0.1) is 23.3 Å². The lowest BCUT2D eigenvalue weighted by molar-refractivity contribution is -0.154. The molecule has 0 aromatic heterocycles. The predicted octanol–water partition coefficient (Wildman–Crippen LogP) is 10.4. The number of hydrogen-bond donors (Lipinski definition) is 0. The molecule has 0 amide bonds. The van der Waals surface area contributed by atoms with Crippen molar-refractivity contribution in [3.8, 4) is 5.75 Å². The van der Waals surface area contributed by atoms with E-state index in [2.05, 4.69) is 11.7 Å². The van der Waals surface area contributed by atoms with E-state index in [0.29, 0.717) is 34.7 Å². The fourth-order valence-corrected chi connectivity index (χ4v) is 5.22. The third-order valence-electron chi connectivity index (χ3n) is 7.59. The van der Waals surface area contributed by atoms with Crippen molar-refractivity contribution in [2.24, 2.45) is 0 Å². The number of unbranched alkanes of at least 4 members (excludes halogenated alkanes) is 4. The lowest BCUT2D eigenvalue weighted by Gasteiger charge is -2.12. The summed E-state index contributed by atoms with van der Waals surface area (Å²) in [7, 11) is 0. The minimum atomic E-state index is -4.73. The van der Waals surface area contributed by atoms with Crippen molar-refractivity contribution in [2.75, 3.05) is 6.61 Å². The smallest absolute Gasteiger partial charge is 0.422 e. The summed E-state index contributed by atoms with van der Waals surface area (Å²) < 4.78 is 99.7.